The van der Waals surface area contributed by atoms with E-state index in [4.69, 9.17) is 9.84 Å². The van der Waals surface area contributed by atoms with Crippen LogP contribution in [0.4, 0.5) is 0 Å². The van der Waals surface area contributed by atoms with Crippen molar-refractivity contribution in [3.8, 4) is 0 Å². The molecule has 0 saturated carbocycles. The Hall–Kier alpha value is -2.40. The van der Waals surface area contributed by atoms with Gasteiger partial charge in [-0.05, 0) is 11.1 Å². The van der Waals surface area contributed by atoms with Crippen molar-refractivity contribution in [2.75, 3.05) is 0 Å². The maximum Gasteiger partial charge on any atom is 0.304 e. The number of aliphatic hydroxyl groups excluding tert-OH is 1. The number of hydrogen-bond donors (Lipinski definition) is 2. The summed E-state index contributed by atoms with van der Waals surface area (Å²) in [5.41, 5.74) is 2.23. The smallest absolute Gasteiger partial charge is 0.304 e. The van der Waals surface area contributed by atoms with Crippen LogP contribution in [-0.4, -0.2) is 28.3 Å². The molecule has 0 spiro atoms. The molecule has 1 aromatic carbocycles. The van der Waals surface area contributed by atoms with E-state index in [9.17, 15) is 14.7 Å². The van der Waals surface area contributed by atoms with Gasteiger partial charge in [0.15, 0.2) is 0 Å². The molecule has 114 valence electrons. The number of Topliss-reactive ketones (excluding diaryl/α,β-unsaturated/α-hetero) is 1. The Labute approximate surface area is 127 Å². The van der Waals surface area contributed by atoms with Crippen LogP contribution in [0, 0.1) is 5.92 Å². The first-order chi connectivity index (χ1) is 10.6. The third kappa shape index (κ3) is 2.55. The maximum atomic E-state index is 12.0. The van der Waals surface area contributed by atoms with Gasteiger partial charge in [-0.25, -0.2) is 0 Å². The van der Waals surface area contributed by atoms with E-state index < -0.39 is 24.1 Å². The van der Waals surface area contributed by atoms with Crippen LogP contribution >= 0.6 is 0 Å². The summed E-state index contributed by atoms with van der Waals surface area (Å²) >= 11 is 0. The molecule has 1 aliphatic carbocycles. The van der Waals surface area contributed by atoms with E-state index in [1.165, 1.54) is 6.26 Å². The largest absolute Gasteiger partial charge is 0.481 e. The van der Waals surface area contributed by atoms with E-state index >= 15 is 0 Å². The highest BCUT2D eigenvalue weighted by molar-refractivity contribution is 5.91. The van der Waals surface area contributed by atoms with Gasteiger partial charge in [-0.2, -0.15) is 0 Å². The average Bonchev–Trinajstić information content (AvgIpc) is 2.50. The molecule has 0 aromatic heterocycles. The Bertz CT molecular complexity index is 659. The number of allylic oxidation sites excluding steroid dienone is 2. The molecule has 0 bridgehead atoms. The zero-order valence-electron chi connectivity index (χ0n) is 11.8. The van der Waals surface area contributed by atoms with Crippen LogP contribution < -0.4 is 0 Å². The van der Waals surface area contributed by atoms with Gasteiger partial charge in [0.05, 0.1) is 24.5 Å². The quantitative estimate of drug-likeness (QED) is 0.892. The zero-order chi connectivity index (χ0) is 15.7. The van der Waals surface area contributed by atoms with Crippen LogP contribution in [0.15, 0.2) is 53.8 Å². The van der Waals surface area contributed by atoms with E-state index in [0.29, 0.717) is 5.57 Å². The molecule has 22 heavy (non-hydrogen) atoms. The first-order valence-corrected chi connectivity index (χ1v) is 7.11. The number of fused-ring (bicyclic) bond motifs is 1. The number of hydrogen-bond acceptors (Lipinski definition) is 4. The average molecular weight is 300 g/mol. The van der Waals surface area contributed by atoms with Crippen molar-refractivity contribution >= 4 is 11.8 Å². The van der Waals surface area contributed by atoms with Crippen LogP contribution in [0.25, 0.3) is 0 Å². The highest BCUT2D eigenvalue weighted by Crippen LogP contribution is 2.43. The van der Waals surface area contributed by atoms with E-state index in [-0.39, 0.29) is 18.6 Å². The second-order valence-corrected chi connectivity index (χ2v) is 5.47. The van der Waals surface area contributed by atoms with Crippen LogP contribution in [0.5, 0.6) is 0 Å². The highest BCUT2D eigenvalue weighted by Gasteiger charge is 2.39. The number of carboxylic acids is 1. The van der Waals surface area contributed by atoms with Crippen molar-refractivity contribution in [2.45, 2.75) is 25.0 Å². The summed E-state index contributed by atoms with van der Waals surface area (Å²) in [6, 6.07) is 9.36. The number of ketones is 1. The van der Waals surface area contributed by atoms with E-state index in [1.54, 1.807) is 6.08 Å². The van der Waals surface area contributed by atoms with Crippen LogP contribution in [0.1, 0.15) is 24.3 Å². The van der Waals surface area contributed by atoms with Gasteiger partial charge in [0.25, 0.3) is 0 Å². The number of carboxylic acid groups (broad SMARTS) is 1. The molecular weight excluding hydrogens is 284 g/mol. The number of aliphatic hydroxyl groups is 1. The lowest BCUT2D eigenvalue weighted by Gasteiger charge is -2.35. The summed E-state index contributed by atoms with van der Waals surface area (Å²) < 4.78 is 5.28. The number of carbonyl (C=O) groups is 2. The molecule has 1 heterocycles. The minimum absolute atomic E-state index is 0.135. The Morgan fingerprint density at radius 3 is 2.64 bits per heavy atom. The fraction of sp³-hybridized carbons (Fsp3) is 0.294. The molecule has 5 heteroatoms. The van der Waals surface area contributed by atoms with Gasteiger partial charge in [0, 0.05) is 12.0 Å². The molecule has 0 radical (unpaired) electrons. The monoisotopic (exact) mass is 300 g/mol. The van der Waals surface area contributed by atoms with Crippen LogP contribution in [-0.2, 0) is 14.3 Å². The molecule has 5 nitrogen and oxygen atoms in total. The van der Waals surface area contributed by atoms with Crippen molar-refractivity contribution in [2.24, 2.45) is 5.92 Å². The Kier molecular flexibility index (Phi) is 3.81. The van der Waals surface area contributed by atoms with E-state index in [0.717, 1.165) is 11.1 Å². The normalized spacial score (nSPS) is 27.3. The SMILES string of the molecule is O=C(O)CC1C(=O)CC=C2C1=COC(O)C2c1ccccc1. The minimum Gasteiger partial charge on any atom is -0.481 e. The summed E-state index contributed by atoms with van der Waals surface area (Å²) in [4.78, 5) is 23.1. The molecule has 2 aliphatic rings. The number of rotatable bonds is 3. The first-order valence-electron chi connectivity index (χ1n) is 7.11. The Morgan fingerprint density at radius 2 is 1.95 bits per heavy atom. The summed E-state index contributed by atoms with van der Waals surface area (Å²) in [7, 11) is 0. The van der Waals surface area contributed by atoms with Crippen molar-refractivity contribution in [1.29, 1.82) is 0 Å². The molecular formula is C17H16O5. The molecule has 3 unspecified atom stereocenters. The summed E-state index contributed by atoms with van der Waals surface area (Å²) in [5, 5.41) is 19.2. The van der Waals surface area contributed by atoms with Crippen molar-refractivity contribution < 1.29 is 24.5 Å². The zero-order valence-corrected chi connectivity index (χ0v) is 11.8. The Morgan fingerprint density at radius 1 is 1.23 bits per heavy atom. The fourth-order valence-electron chi connectivity index (χ4n) is 3.08. The predicted octanol–water partition coefficient (Wildman–Crippen LogP) is 1.99. The predicted molar refractivity (Wildman–Crippen MR) is 77.8 cm³/mol. The number of benzene rings is 1. The van der Waals surface area contributed by atoms with Gasteiger partial charge in [-0.1, -0.05) is 36.4 Å². The third-order valence-electron chi connectivity index (χ3n) is 4.11. The molecule has 0 saturated heterocycles. The molecule has 2 N–H and O–H groups in total. The molecule has 3 rings (SSSR count). The molecule has 3 atom stereocenters. The van der Waals surface area contributed by atoms with Crippen molar-refractivity contribution in [3.05, 3.63) is 59.4 Å². The van der Waals surface area contributed by atoms with Crippen LogP contribution in [0.2, 0.25) is 0 Å². The third-order valence-corrected chi connectivity index (χ3v) is 4.11. The molecule has 1 aromatic rings. The van der Waals surface area contributed by atoms with Crippen molar-refractivity contribution in [1.82, 2.24) is 0 Å². The van der Waals surface area contributed by atoms with Gasteiger partial charge in [-0.3, -0.25) is 9.59 Å². The van der Waals surface area contributed by atoms with E-state index in [1.807, 2.05) is 30.3 Å². The summed E-state index contributed by atoms with van der Waals surface area (Å²) in [5.74, 6) is -2.28. The van der Waals surface area contributed by atoms with Gasteiger partial charge < -0.3 is 14.9 Å². The van der Waals surface area contributed by atoms with Gasteiger partial charge >= 0.3 is 5.97 Å². The molecule has 0 fully saturated rings. The topological polar surface area (TPSA) is 83.8 Å². The molecule has 1 aliphatic heterocycles. The molecule has 0 amide bonds. The fourth-order valence-corrected chi connectivity index (χ4v) is 3.08. The summed E-state index contributed by atoms with van der Waals surface area (Å²) in [6.07, 6.45) is 1.98. The first kappa shape index (κ1) is 14.5. The number of ether oxygens (including phenoxy) is 1. The summed E-state index contributed by atoms with van der Waals surface area (Å²) in [6.45, 7) is 0. The maximum absolute atomic E-state index is 12.0. The second-order valence-electron chi connectivity index (χ2n) is 5.47. The highest BCUT2D eigenvalue weighted by atomic mass is 16.6. The van der Waals surface area contributed by atoms with Gasteiger partial charge in [0.2, 0.25) is 6.29 Å². The lowest BCUT2D eigenvalue weighted by Crippen LogP contribution is -2.34. The van der Waals surface area contributed by atoms with Gasteiger partial charge in [-0.15, -0.1) is 0 Å². The number of carbonyl (C=O) groups excluding carboxylic acids is 1. The van der Waals surface area contributed by atoms with E-state index in [2.05, 4.69) is 0 Å². The minimum atomic E-state index is -1.05. The standard InChI is InChI=1S/C17H16O5/c18-14-7-6-11-13(12(14)8-15(19)20)9-22-17(21)16(11)10-4-2-1-3-5-10/h1-6,9,12,16-17,21H,7-8H2,(H,19,20). The lowest BCUT2D eigenvalue weighted by atomic mass is 9.73. The van der Waals surface area contributed by atoms with Crippen LogP contribution in [0.3, 0.4) is 0 Å². The number of aliphatic carboxylic acids is 1. The lowest BCUT2D eigenvalue weighted by molar-refractivity contribution is -0.140. The second kappa shape index (κ2) is 5.77. The van der Waals surface area contributed by atoms with Gasteiger partial charge in [0.1, 0.15) is 5.78 Å². The van der Waals surface area contributed by atoms with Crippen molar-refractivity contribution in [3.63, 3.8) is 0 Å². The Balaban J connectivity index is 2.01.